The fraction of sp³-hybridized carbons (Fsp3) is 0.647. The van der Waals surface area contributed by atoms with E-state index in [0.29, 0.717) is 34.9 Å². The third-order valence-corrected chi connectivity index (χ3v) is 7.19. The summed E-state index contributed by atoms with van der Waals surface area (Å²) in [7, 11) is 0. The van der Waals surface area contributed by atoms with Crippen molar-refractivity contribution >= 4 is 34.8 Å². The number of aliphatic carboxylic acids is 1. The van der Waals surface area contributed by atoms with Gasteiger partial charge in [0, 0.05) is 38.1 Å². The molecule has 2 saturated heterocycles. The minimum Gasteiger partial charge on any atom is -0.481 e. The highest BCUT2D eigenvalue weighted by atomic mass is 35.5. The quantitative estimate of drug-likeness (QED) is 0.891. The third kappa shape index (κ3) is 2.55. The fourth-order valence-corrected chi connectivity index (χ4v) is 5.70. The zero-order chi connectivity index (χ0) is 16.9. The number of rotatable bonds is 3. The average Bonchev–Trinajstić information content (AvgIpc) is 3.28. The molecule has 7 heteroatoms. The van der Waals surface area contributed by atoms with Crippen LogP contribution in [0.2, 0.25) is 4.34 Å². The molecule has 2 aliphatic heterocycles. The Labute approximate surface area is 150 Å². The Morgan fingerprint density at radius 3 is 2.54 bits per heavy atom. The minimum absolute atomic E-state index is 0.0231. The molecule has 24 heavy (non-hydrogen) atoms. The first-order valence-electron chi connectivity index (χ1n) is 8.52. The highest BCUT2D eigenvalue weighted by molar-refractivity contribution is 7.17. The molecule has 0 radical (unpaired) electrons. The molecule has 2 atom stereocenters. The number of carbonyl (C=O) groups excluding carboxylic acids is 1. The molecule has 1 aromatic heterocycles. The van der Waals surface area contributed by atoms with Crippen LogP contribution in [0.3, 0.4) is 0 Å². The van der Waals surface area contributed by atoms with E-state index >= 15 is 0 Å². The van der Waals surface area contributed by atoms with Gasteiger partial charge in [-0.1, -0.05) is 24.4 Å². The van der Waals surface area contributed by atoms with E-state index in [-0.39, 0.29) is 11.8 Å². The van der Waals surface area contributed by atoms with Crippen LogP contribution in [0.25, 0.3) is 0 Å². The molecule has 1 N–H and O–H groups in total. The smallest absolute Gasteiger partial charge is 0.313 e. The summed E-state index contributed by atoms with van der Waals surface area (Å²) in [4.78, 5) is 29.4. The molecule has 1 aromatic rings. The second-order valence-corrected chi connectivity index (χ2v) is 9.03. The minimum atomic E-state index is -0.806. The standard InChI is InChI=1S/C17H21ClN2O3S/c18-14-6-5-13(24-14)15(21)20-8-11-7-19(12-3-1-2-4-12)9-17(11,10-20)16(22)23/h5-6,11-12H,1-4,7-10H2,(H,22,23)/t11-,17-/m0/s1. The summed E-state index contributed by atoms with van der Waals surface area (Å²) in [6.07, 6.45) is 4.85. The van der Waals surface area contributed by atoms with Crippen LogP contribution in [0.1, 0.15) is 35.4 Å². The molecule has 3 fully saturated rings. The van der Waals surface area contributed by atoms with Crippen molar-refractivity contribution in [3.8, 4) is 0 Å². The van der Waals surface area contributed by atoms with E-state index in [9.17, 15) is 14.7 Å². The number of thiophene rings is 1. The number of amides is 1. The molecule has 3 heterocycles. The Morgan fingerprint density at radius 2 is 1.96 bits per heavy atom. The molecule has 1 saturated carbocycles. The van der Waals surface area contributed by atoms with Crippen LogP contribution >= 0.6 is 22.9 Å². The summed E-state index contributed by atoms with van der Waals surface area (Å²) in [6, 6.07) is 3.97. The lowest BCUT2D eigenvalue weighted by molar-refractivity contribution is -0.148. The van der Waals surface area contributed by atoms with E-state index in [4.69, 9.17) is 11.6 Å². The van der Waals surface area contributed by atoms with Gasteiger partial charge in [-0.05, 0) is 25.0 Å². The number of hydrogen-bond acceptors (Lipinski definition) is 4. The van der Waals surface area contributed by atoms with Crippen LogP contribution in [0.15, 0.2) is 12.1 Å². The highest BCUT2D eigenvalue weighted by Crippen LogP contribution is 2.45. The number of fused-ring (bicyclic) bond motifs is 1. The lowest BCUT2D eigenvalue weighted by Gasteiger charge is -2.28. The zero-order valence-corrected chi connectivity index (χ0v) is 15.0. The van der Waals surface area contributed by atoms with Crippen molar-refractivity contribution in [1.29, 1.82) is 0 Å². The first-order valence-corrected chi connectivity index (χ1v) is 9.71. The molecule has 1 amide bonds. The summed E-state index contributed by atoms with van der Waals surface area (Å²) in [5.74, 6) is -0.822. The SMILES string of the molecule is O=C(c1ccc(Cl)s1)N1C[C@@H]2CN(C3CCCC3)C[C@]2(C(=O)O)C1. The van der Waals surface area contributed by atoms with E-state index in [1.807, 2.05) is 0 Å². The van der Waals surface area contributed by atoms with E-state index in [1.165, 1.54) is 37.0 Å². The number of likely N-dealkylation sites (tertiary alicyclic amines) is 2. The van der Waals surface area contributed by atoms with Crippen molar-refractivity contribution in [3.63, 3.8) is 0 Å². The summed E-state index contributed by atoms with van der Waals surface area (Å²) in [6.45, 7) is 2.22. The Kier molecular flexibility index (Phi) is 4.09. The predicted octanol–water partition coefficient (Wildman–Crippen LogP) is 2.80. The maximum Gasteiger partial charge on any atom is 0.313 e. The monoisotopic (exact) mass is 368 g/mol. The molecule has 0 unspecified atom stereocenters. The van der Waals surface area contributed by atoms with E-state index in [0.717, 1.165) is 6.54 Å². The highest BCUT2D eigenvalue weighted by Gasteiger charge is 2.59. The molecule has 3 aliphatic rings. The molecule has 0 spiro atoms. The first kappa shape index (κ1) is 16.4. The van der Waals surface area contributed by atoms with Gasteiger partial charge < -0.3 is 10.0 Å². The number of nitrogens with zero attached hydrogens (tertiary/aromatic N) is 2. The molecule has 5 nitrogen and oxygen atoms in total. The maximum absolute atomic E-state index is 12.7. The van der Waals surface area contributed by atoms with Gasteiger partial charge in [0.2, 0.25) is 0 Å². The van der Waals surface area contributed by atoms with Gasteiger partial charge in [0.25, 0.3) is 5.91 Å². The lowest BCUT2D eigenvalue weighted by Crippen LogP contribution is -2.43. The summed E-state index contributed by atoms with van der Waals surface area (Å²) < 4.78 is 0.582. The molecule has 130 valence electrons. The van der Waals surface area contributed by atoms with Crippen LogP contribution in [0.4, 0.5) is 0 Å². The topological polar surface area (TPSA) is 60.9 Å². The maximum atomic E-state index is 12.7. The van der Waals surface area contributed by atoms with Crippen LogP contribution in [0, 0.1) is 11.3 Å². The van der Waals surface area contributed by atoms with Gasteiger partial charge in [0.1, 0.15) is 5.41 Å². The van der Waals surface area contributed by atoms with Crippen molar-refractivity contribution in [1.82, 2.24) is 9.80 Å². The van der Waals surface area contributed by atoms with Crippen molar-refractivity contribution in [2.75, 3.05) is 26.2 Å². The number of halogens is 1. The Morgan fingerprint density at radius 1 is 1.21 bits per heavy atom. The molecular formula is C17H21ClN2O3S. The van der Waals surface area contributed by atoms with Crippen molar-refractivity contribution < 1.29 is 14.7 Å². The average molecular weight is 369 g/mol. The number of hydrogen-bond donors (Lipinski definition) is 1. The van der Waals surface area contributed by atoms with Crippen molar-refractivity contribution in [2.24, 2.45) is 11.3 Å². The van der Waals surface area contributed by atoms with Gasteiger partial charge in [0.05, 0.1) is 9.21 Å². The van der Waals surface area contributed by atoms with Crippen LogP contribution < -0.4 is 0 Å². The van der Waals surface area contributed by atoms with Gasteiger partial charge >= 0.3 is 5.97 Å². The van der Waals surface area contributed by atoms with Crippen LogP contribution in [-0.4, -0.2) is 59.0 Å². The zero-order valence-electron chi connectivity index (χ0n) is 13.4. The van der Waals surface area contributed by atoms with Gasteiger partial charge in [-0.2, -0.15) is 0 Å². The van der Waals surface area contributed by atoms with Gasteiger partial charge in [-0.25, -0.2) is 0 Å². The van der Waals surface area contributed by atoms with E-state index < -0.39 is 11.4 Å². The number of carboxylic acids is 1. The van der Waals surface area contributed by atoms with Crippen LogP contribution in [-0.2, 0) is 4.79 Å². The van der Waals surface area contributed by atoms with Crippen LogP contribution in [0.5, 0.6) is 0 Å². The second-order valence-electron chi connectivity index (χ2n) is 7.32. The predicted molar refractivity (Wildman–Crippen MR) is 92.6 cm³/mol. The molecular weight excluding hydrogens is 348 g/mol. The number of carboxylic acid groups (broad SMARTS) is 1. The van der Waals surface area contributed by atoms with Crippen molar-refractivity contribution in [3.05, 3.63) is 21.3 Å². The summed E-state index contributed by atoms with van der Waals surface area (Å²) >= 11 is 7.18. The van der Waals surface area contributed by atoms with Crippen molar-refractivity contribution in [2.45, 2.75) is 31.7 Å². The van der Waals surface area contributed by atoms with Gasteiger partial charge in [-0.3, -0.25) is 14.5 Å². The first-order chi connectivity index (χ1) is 11.5. The molecule has 1 aliphatic carbocycles. The Bertz CT molecular complexity index is 673. The molecule has 0 bridgehead atoms. The van der Waals surface area contributed by atoms with E-state index in [1.54, 1.807) is 17.0 Å². The fourth-order valence-electron chi connectivity index (χ4n) is 4.69. The van der Waals surface area contributed by atoms with Gasteiger partial charge in [-0.15, -0.1) is 11.3 Å². The normalized spacial score (nSPS) is 30.9. The van der Waals surface area contributed by atoms with E-state index in [2.05, 4.69) is 4.90 Å². The van der Waals surface area contributed by atoms with Gasteiger partial charge in [0.15, 0.2) is 0 Å². The Hall–Kier alpha value is -1.11. The largest absolute Gasteiger partial charge is 0.481 e. The lowest BCUT2D eigenvalue weighted by atomic mass is 9.81. The summed E-state index contributed by atoms with van der Waals surface area (Å²) in [5.41, 5.74) is -0.806. The Balaban J connectivity index is 1.52. The summed E-state index contributed by atoms with van der Waals surface area (Å²) in [5, 5.41) is 9.93. The second kappa shape index (κ2) is 6.00. The molecule has 4 rings (SSSR count). The molecule has 0 aromatic carbocycles. The third-order valence-electron chi connectivity index (χ3n) is 5.97. The number of carbonyl (C=O) groups is 2.